The van der Waals surface area contributed by atoms with Crippen molar-refractivity contribution < 1.29 is 9.59 Å². The number of hydrogen-bond donors (Lipinski definition) is 2. The topological polar surface area (TPSA) is 96.9 Å². The summed E-state index contributed by atoms with van der Waals surface area (Å²) in [5, 5.41) is 5.55. The third kappa shape index (κ3) is 4.27. The fourth-order valence-electron chi connectivity index (χ4n) is 2.40. The number of benzene rings is 1. The molecule has 0 bridgehead atoms. The minimum Gasteiger partial charge on any atom is -0.322 e. The highest BCUT2D eigenvalue weighted by atomic mass is 16.2. The number of carbonyl (C=O) groups is 2. The molecule has 0 radical (unpaired) electrons. The Kier molecular flexibility index (Phi) is 4.98. The number of rotatable bonds is 4. The fraction of sp³-hybridized carbons (Fsp3) is 0.105. The fourth-order valence-corrected chi connectivity index (χ4v) is 2.40. The Morgan fingerprint density at radius 3 is 2.27 bits per heavy atom. The van der Waals surface area contributed by atoms with Gasteiger partial charge in [0.15, 0.2) is 0 Å². The summed E-state index contributed by atoms with van der Waals surface area (Å²) in [6, 6.07) is 11.9. The zero-order valence-electron chi connectivity index (χ0n) is 14.4. The molecule has 0 fully saturated rings. The van der Waals surface area contributed by atoms with Crippen LogP contribution in [0.1, 0.15) is 32.4 Å². The van der Waals surface area contributed by atoms with Crippen molar-refractivity contribution in [3.8, 4) is 0 Å². The minimum atomic E-state index is -0.339. The van der Waals surface area contributed by atoms with E-state index in [0.29, 0.717) is 28.5 Å². The van der Waals surface area contributed by atoms with Crippen LogP contribution in [0.2, 0.25) is 0 Å². The molecule has 0 aliphatic carbocycles. The van der Waals surface area contributed by atoms with Gasteiger partial charge in [0.05, 0.1) is 5.56 Å². The predicted octanol–water partition coefficient (Wildman–Crippen LogP) is 2.99. The largest absolute Gasteiger partial charge is 0.322 e. The minimum absolute atomic E-state index is 0.274. The van der Waals surface area contributed by atoms with Crippen LogP contribution < -0.4 is 10.6 Å². The molecule has 2 aromatic heterocycles. The second-order valence-corrected chi connectivity index (χ2v) is 5.67. The van der Waals surface area contributed by atoms with Crippen molar-refractivity contribution >= 4 is 23.2 Å². The number of anilines is 2. The molecule has 3 aromatic rings. The molecule has 2 N–H and O–H groups in total. The molecule has 1 aromatic carbocycles. The van der Waals surface area contributed by atoms with E-state index in [-0.39, 0.29) is 11.8 Å². The van der Waals surface area contributed by atoms with Crippen LogP contribution in [-0.2, 0) is 0 Å². The van der Waals surface area contributed by atoms with Gasteiger partial charge in [0, 0.05) is 29.5 Å². The normalized spacial score (nSPS) is 10.2. The van der Waals surface area contributed by atoms with E-state index in [9.17, 15) is 9.59 Å². The summed E-state index contributed by atoms with van der Waals surface area (Å²) in [5.74, 6) is -0.0782. The van der Waals surface area contributed by atoms with E-state index >= 15 is 0 Å². The van der Waals surface area contributed by atoms with Crippen LogP contribution in [-0.4, -0.2) is 26.8 Å². The Morgan fingerprint density at radius 2 is 1.62 bits per heavy atom. The molecule has 2 heterocycles. The molecule has 2 amide bonds. The van der Waals surface area contributed by atoms with Crippen molar-refractivity contribution in [1.29, 1.82) is 0 Å². The van der Waals surface area contributed by atoms with Crippen molar-refractivity contribution in [3.63, 3.8) is 0 Å². The van der Waals surface area contributed by atoms with Gasteiger partial charge >= 0.3 is 0 Å². The van der Waals surface area contributed by atoms with Crippen LogP contribution in [0.3, 0.4) is 0 Å². The molecule has 7 nitrogen and oxygen atoms in total. The molecule has 0 aliphatic heterocycles. The summed E-state index contributed by atoms with van der Waals surface area (Å²) < 4.78 is 0. The van der Waals surface area contributed by atoms with Gasteiger partial charge in [-0.05, 0) is 50.2 Å². The summed E-state index contributed by atoms with van der Waals surface area (Å²) in [6.45, 7) is 3.54. The van der Waals surface area contributed by atoms with Gasteiger partial charge in [-0.3, -0.25) is 14.6 Å². The van der Waals surface area contributed by atoms with Crippen LogP contribution >= 0.6 is 0 Å². The third-order valence-corrected chi connectivity index (χ3v) is 3.50. The van der Waals surface area contributed by atoms with Crippen molar-refractivity contribution in [2.45, 2.75) is 13.8 Å². The van der Waals surface area contributed by atoms with E-state index in [1.165, 1.54) is 6.20 Å². The van der Waals surface area contributed by atoms with Crippen LogP contribution in [0.15, 0.2) is 54.9 Å². The molecule has 0 atom stereocenters. The number of hydrogen-bond acceptors (Lipinski definition) is 5. The molecular weight excluding hydrogens is 330 g/mol. The molecule has 0 unspecified atom stereocenters. The number of aromatic nitrogens is 3. The van der Waals surface area contributed by atoms with Gasteiger partial charge in [0.1, 0.15) is 11.5 Å². The first-order valence-corrected chi connectivity index (χ1v) is 7.96. The van der Waals surface area contributed by atoms with Gasteiger partial charge in [0.25, 0.3) is 11.8 Å². The Balaban J connectivity index is 1.73. The quantitative estimate of drug-likeness (QED) is 0.756. The molecule has 0 spiro atoms. The van der Waals surface area contributed by atoms with E-state index < -0.39 is 0 Å². The molecule has 0 saturated carbocycles. The lowest BCUT2D eigenvalue weighted by Gasteiger charge is -2.09. The van der Waals surface area contributed by atoms with Gasteiger partial charge in [-0.2, -0.15) is 0 Å². The monoisotopic (exact) mass is 347 g/mol. The van der Waals surface area contributed by atoms with Crippen LogP contribution in [0.4, 0.5) is 11.4 Å². The maximum Gasteiger partial charge on any atom is 0.274 e. The van der Waals surface area contributed by atoms with E-state index in [0.717, 1.165) is 5.69 Å². The Morgan fingerprint density at radius 1 is 0.885 bits per heavy atom. The second kappa shape index (κ2) is 7.52. The summed E-state index contributed by atoms with van der Waals surface area (Å²) >= 11 is 0. The number of aryl methyl sites for hydroxylation is 2. The summed E-state index contributed by atoms with van der Waals surface area (Å²) in [4.78, 5) is 36.8. The van der Waals surface area contributed by atoms with Crippen molar-refractivity contribution in [2.24, 2.45) is 0 Å². The highest BCUT2D eigenvalue weighted by molar-refractivity contribution is 6.05. The number of carbonyl (C=O) groups excluding carboxylic acids is 2. The van der Waals surface area contributed by atoms with Gasteiger partial charge < -0.3 is 10.6 Å². The second-order valence-electron chi connectivity index (χ2n) is 5.67. The molecular formula is C19H17N5O2. The zero-order valence-corrected chi connectivity index (χ0v) is 14.4. The average Bonchev–Trinajstić information content (AvgIpc) is 2.62. The lowest BCUT2D eigenvalue weighted by molar-refractivity contribution is 0.101. The maximum absolute atomic E-state index is 12.4. The van der Waals surface area contributed by atoms with E-state index in [1.807, 2.05) is 0 Å². The Hall–Kier alpha value is -3.61. The first-order valence-electron chi connectivity index (χ1n) is 7.96. The number of nitrogens with one attached hydrogen (secondary N) is 2. The Labute approximate surface area is 150 Å². The summed E-state index contributed by atoms with van der Waals surface area (Å²) in [6.07, 6.45) is 3.09. The first kappa shape index (κ1) is 17.2. The number of amides is 2. The molecule has 3 rings (SSSR count). The maximum atomic E-state index is 12.4. The number of nitrogens with zero attached hydrogens (tertiary/aromatic N) is 3. The molecule has 130 valence electrons. The standard InChI is InChI=1S/C19H17N5O2/c1-12-9-17(22-13(2)21-12)19(26)24-16-7-3-6-15(10-16)23-18(25)14-5-4-8-20-11-14/h3-11H,1-2H3,(H,23,25)(H,24,26). The lowest BCUT2D eigenvalue weighted by atomic mass is 10.2. The van der Waals surface area contributed by atoms with Crippen LogP contribution in [0, 0.1) is 13.8 Å². The van der Waals surface area contributed by atoms with Gasteiger partial charge in [-0.25, -0.2) is 9.97 Å². The van der Waals surface area contributed by atoms with E-state index in [2.05, 4.69) is 25.6 Å². The van der Waals surface area contributed by atoms with Gasteiger partial charge in [-0.15, -0.1) is 0 Å². The smallest absolute Gasteiger partial charge is 0.274 e. The lowest BCUT2D eigenvalue weighted by Crippen LogP contribution is -2.16. The third-order valence-electron chi connectivity index (χ3n) is 3.50. The van der Waals surface area contributed by atoms with E-state index in [4.69, 9.17) is 0 Å². The van der Waals surface area contributed by atoms with Crippen LogP contribution in [0.5, 0.6) is 0 Å². The molecule has 0 aliphatic rings. The number of pyridine rings is 1. The highest BCUT2D eigenvalue weighted by Gasteiger charge is 2.11. The van der Waals surface area contributed by atoms with Gasteiger partial charge in [0.2, 0.25) is 0 Å². The van der Waals surface area contributed by atoms with Crippen molar-refractivity contribution in [2.75, 3.05) is 10.6 Å². The molecule has 26 heavy (non-hydrogen) atoms. The first-order chi connectivity index (χ1) is 12.5. The predicted molar refractivity (Wildman–Crippen MR) is 98.1 cm³/mol. The molecule has 0 saturated heterocycles. The molecule has 7 heteroatoms. The van der Waals surface area contributed by atoms with Gasteiger partial charge in [-0.1, -0.05) is 6.07 Å². The SMILES string of the molecule is Cc1cc(C(=O)Nc2cccc(NC(=O)c3cccnc3)c2)nc(C)n1. The summed E-state index contributed by atoms with van der Waals surface area (Å²) in [5.41, 5.74) is 2.58. The highest BCUT2D eigenvalue weighted by Crippen LogP contribution is 2.17. The Bertz CT molecular complexity index is 937. The summed E-state index contributed by atoms with van der Waals surface area (Å²) in [7, 11) is 0. The zero-order chi connectivity index (χ0) is 18.5. The van der Waals surface area contributed by atoms with Crippen molar-refractivity contribution in [1.82, 2.24) is 15.0 Å². The average molecular weight is 347 g/mol. The van der Waals surface area contributed by atoms with E-state index in [1.54, 1.807) is 62.5 Å². The van der Waals surface area contributed by atoms with Crippen LogP contribution in [0.25, 0.3) is 0 Å². The van der Waals surface area contributed by atoms with Crippen molar-refractivity contribution in [3.05, 3.63) is 77.6 Å².